The van der Waals surface area contributed by atoms with Gasteiger partial charge in [-0.2, -0.15) is 5.21 Å². The number of hydrogen-bond donors (Lipinski definition) is 1. The zero-order valence-corrected chi connectivity index (χ0v) is 21.0. The van der Waals surface area contributed by atoms with E-state index in [0.29, 0.717) is 5.82 Å². The van der Waals surface area contributed by atoms with Gasteiger partial charge in [0.05, 0.1) is 11.9 Å². The fraction of sp³-hybridized carbons (Fsp3) is 0.630. The Bertz CT molecular complexity index is 1070. The smallest absolute Gasteiger partial charge is 0.201 e. The third kappa shape index (κ3) is 4.51. The molecule has 1 N–H and O–H groups in total. The number of aryl methyl sites for hydroxylation is 1. The molecule has 3 aromatic heterocycles. The molecule has 4 aliphatic rings. The summed E-state index contributed by atoms with van der Waals surface area (Å²) in [5.74, 6) is 6.87. The van der Waals surface area contributed by atoms with E-state index in [1.54, 1.807) is 11.3 Å². The maximum absolute atomic E-state index is 4.90. The van der Waals surface area contributed by atoms with Crippen LogP contribution >= 0.6 is 11.3 Å². The monoisotopic (exact) mass is 476 g/mol. The number of allylic oxidation sites excluding steroid dienone is 1. The highest BCUT2D eigenvalue weighted by Crippen LogP contribution is 2.57. The van der Waals surface area contributed by atoms with Gasteiger partial charge < -0.3 is 4.57 Å². The van der Waals surface area contributed by atoms with E-state index in [4.69, 9.17) is 4.98 Å². The molecule has 0 amide bonds. The number of unbranched alkanes of at least 4 members (excludes halogenated alkanes) is 1. The van der Waals surface area contributed by atoms with Crippen molar-refractivity contribution in [1.29, 1.82) is 0 Å². The average Bonchev–Trinajstić information content (AvgIpc) is 3.60. The predicted molar refractivity (Wildman–Crippen MR) is 136 cm³/mol. The highest BCUT2D eigenvalue weighted by molar-refractivity contribution is 7.10. The zero-order valence-electron chi connectivity index (χ0n) is 20.2. The van der Waals surface area contributed by atoms with Gasteiger partial charge in [-0.15, -0.1) is 21.5 Å². The Morgan fingerprint density at radius 1 is 1.18 bits per heavy atom. The number of hydrogen-bond acceptors (Lipinski definition) is 5. The number of aromatic amines is 1. The van der Waals surface area contributed by atoms with E-state index in [0.717, 1.165) is 54.5 Å². The van der Waals surface area contributed by atoms with E-state index in [1.165, 1.54) is 67.8 Å². The summed E-state index contributed by atoms with van der Waals surface area (Å²) in [5, 5.41) is 17.2. The molecule has 7 rings (SSSR count). The van der Waals surface area contributed by atoms with Crippen LogP contribution in [0.3, 0.4) is 0 Å². The molecule has 0 radical (unpaired) electrons. The van der Waals surface area contributed by atoms with Gasteiger partial charge in [-0.3, -0.25) is 0 Å². The van der Waals surface area contributed by atoms with Crippen molar-refractivity contribution in [2.75, 3.05) is 0 Å². The third-order valence-electron chi connectivity index (χ3n) is 8.73. The largest absolute Gasteiger partial charge is 0.328 e. The van der Waals surface area contributed by atoms with Crippen molar-refractivity contribution < 1.29 is 0 Å². The molecule has 6 nitrogen and oxygen atoms in total. The van der Waals surface area contributed by atoms with Crippen molar-refractivity contribution in [1.82, 2.24) is 30.2 Å². The summed E-state index contributed by atoms with van der Waals surface area (Å²) >= 11 is 1.77. The van der Waals surface area contributed by atoms with Crippen LogP contribution in [0.4, 0.5) is 0 Å². The highest BCUT2D eigenvalue weighted by atomic mass is 32.1. The van der Waals surface area contributed by atoms with Crippen molar-refractivity contribution >= 4 is 23.0 Å². The number of tetrazole rings is 1. The van der Waals surface area contributed by atoms with E-state index >= 15 is 0 Å². The summed E-state index contributed by atoms with van der Waals surface area (Å²) in [7, 11) is 0. The second kappa shape index (κ2) is 9.76. The standard InChI is InChI=1S/C27H36N6S/c1-2-3-6-26-28-17-23(15-22(27-29-31-32-30-27)16-24-5-4-9-34-24)33(26)8-7-25-20-11-18-10-19(13-20)14-21(25)12-18/h4-5,9,15,17-21,25H,2-3,6-8,10-14,16H2,1H3,(H,29,30,31,32). The first-order chi connectivity index (χ1) is 16.8. The summed E-state index contributed by atoms with van der Waals surface area (Å²) in [4.78, 5) is 6.20. The van der Waals surface area contributed by atoms with Gasteiger partial charge in [0.15, 0.2) is 0 Å². The molecule has 0 saturated heterocycles. The lowest BCUT2D eigenvalue weighted by atomic mass is 9.51. The van der Waals surface area contributed by atoms with E-state index in [2.05, 4.69) is 61.9 Å². The number of H-pyrrole nitrogens is 1. The Labute approximate surface area is 206 Å². The minimum absolute atomic E-state index is 0.678. The lowest BCUT2D eigenvalue weighted by molar-refractivity contribution is -0.0411. The van der Waals surface area contributed by atoms with Crippen molar-refractivity contribution in [3.05, 3.63) is 45.9 Å². The number of rotatable bonds is 10. The minimum Gasteiger partial charge on any atom is -0.328 e. The van der Waals surface area contributed by atoms with Gasteiger partial charge in [0.1, 0.15) is 5.82 Å². The van der Waals surface area contributed by atoms with Crippen LogP contribution in [0.2, 0.25) is 0 Å². The van der Waals surface area contributed by atoms with Gasteiger partial charge in [-0.1, -0.05) is 19.4 Å². The van der Waals surface area contributed by atoms with Gasteiger partial charge >= 0.3 is 0 Å². The van der Waals surface area contributed by atoms with Crippen LogP contribution in [0.1, 0.15) is 80.5 Å². The summed E-state index contributed by atoms with van der Waals surface area (Å²) in [6.07, 6.45) is 17.4. The molecule has 0 atom stereocenters. The van der Waals surface area contributed by atoms with Crippen molar-refractivity contribution in [2.24, 2.45) is 29.6 Å². The minimum atomic E-state index is 0.678. The lowest BCUT2D eigenvalue weighted by Crippen LogP contribution is -2.45. The van der Waals surface area contributed by atoms with E-state index in [9.17, 15) is 0 Å². The zero-order chi connectivity index (χ0) is 22.9. The Balaban J connectivity index is 1.27. The van der Waals surface area contributed by atoms with Crippen molar-refractivity contribution in [3.8, 4) is 0 Å². The van der Waals surface area contributed by atoms with Crippen LogP contribution in [0.5, 0.6) is 0 Å². The molecule has 4 saturated carbocycles. The third-order valence-corrected chi connectivity index (χ3v) is 9.61. The summed E-state index contributed by atoms with van der Waals surface area (Å²) in [5.41, 5.74) is 2.28. The Morgan fingerprint density at radius 3 is 2.68 bits per heavy atom. The number of imidazole rings is 1. The topological polar surface area (TPSA) is 72.3 Å². The maximum atomic E-state index is 4.90. The van der Waals surface area contributed by atoms with E-state index in [1.807, 2.05) is 0 Å². The normalized spacial score (nSPS) is 28.1. The molecule has 3 aromatic rings. The van der Waals surface area contributed by atoms with Crippen LogP contribution in [-0.2, 0) is 19.4 Å². The number of aromatic nitrogens is 6. The molecule has 7 heteroatoms. The quantitative estimate of drug-likeness (QED) is 0.387. The molecular formula is C27H36N6S. The second-order valence-corrected chi connectivity index (χ2v) is 11.9. The Hall–Kier alpha value is -2.28. The van der Waals surface area contributed by atoms with Crippen LogP contribution in [-0.4, -0.2) is 30.2 Å². The maximum Gasteiger partial charge on any atom is 0.201 e. The van der Waals surface area contributed by atoms with Crippen LogP contribution in [0.15, 0.2) is 23.7 Å². The molecule has 4 bridgehead atoms. The van der Waals surface area contributed by atoms with Crippen LogP contribution < -0.4 is 0 Å². The molecule has 0 spiro atoms. The molecule has 4 aliphatic carbocycles. The van der Waals surface area contributed by atoms with Crippen molar-refractivity contribution in [2.45, 2.75) is 77.7 Å². The highest BCUT2D eigenvalue weighted by Gasteiger charge is 2.47. The molecule has 180 valence electrons. The molecule has 34 heavy (non-hydrogen) atoms. The van der Waals surface area contributed by atoms with E-state index in [-0.39, 0.29) is 0 Å². The summed E-state index contributed by atoms with van der Waals surface area (Å²) < 4.78 is 2.51. The second-order valence-electron chi connectivity index (χ2n) is 10.9. The Kier molecular flexibility index (Phi) is 6.37. The molecular weight excluding hydrogens is 440 g/mol. The summed E-state index contributed by atoms with van der Waals surface area (Å²) in [6.45, 7) is 3.34. The van der Waals surface area contributed by atoms with Crippen LogP contribution in [0, 0.1) is 29.6 Å². The van der Waals surface area contributed by atoms with Gasteiger partial charge in [-0.25, -0.2) is 4.98 Å². The predicted octanol–water partition coefficient (Wildman–Crippen LogP) is 6.05. The lowest BCUT2D eigenvalue weighted by Gasteiger charge is -2.54. The average molecular weight is 477 g/mol. The van der Waals surface area contributed by atoms with Crippen LogP contribution in [0.25, 0.3) is 11.6 Å². The first-order valence-corrected chi connectivity index (χ1v) is 14.2. The number of thiophene rings is 1. The van der Waals surface area contributed by atoms with Gasteiger partial charge in [0.25, 0.3) is 0 Å². The molecule has 0 aliphatic heterocycles. The molecule has 0 unspecified atom stereocenters. The molecule has 3 heterocycles. The SMILES string of the molecule is CCCCc1ncc(C=C(Cc2cccs2)c2nn[nH]n2)n1CCC1C2CC3CC(C2)CC1C3. The first kappa shape index (κ1) is 22.2. The van der Waals surface area contributed by atoms with Gasteiger partial charge in [0.2, 0.25) is 5.82 Å². The van der Waals surface area contributed by atoms with Gasteiger partial charge in [0, 0.05) is 29.8 Å². The number of nitrogens with zero attached hydrogens (tertiary/aromatic N) is 5. The molecule has 4 fully saturated rings. The van der Waals surface area contributed by atoms with E-state index < -0.39 is 0 Å². The fourth-order valence-corrected chi connectivity index (χ4v) is 8.12. The number of nitrogens with one attached hydrogen (secondary N) is 1. The van der Waals surface area contributed by atoms with Crippen molar-refractivity contribution in [3.63, 3.8) is 0 Å². The molecule has 0 aromatic carbocycles. The summed E-state index contributed by atoms with van der Waals surface area (Å²) in [6, 6.07) is 4.28. The first-order valence-electron chi connectivity index (χ1n) is 13.3. The Morgan fingerprint density at radius 2 is 2.00 bits per heavy atom. The fourth-order valence-electron chi connectivity index (χ4n) is 7.40. The van der Waals surface area contributed by atoms with Gasteiger partial charge in [-0.05, 0) is 97.3 Å².